The van der Waals surface area contributed by atoms with Crippen molar-refractivity contribution in [2.24, 2.45) is 0 Å². The van der Waals surface area contributed by atoms with Crippen molar-refractivity contribution in [3.8, 4) is 0 Å². The van der Waals surface area contributed by atoms with Crippen LogP contribution in [0.4, 0.5) is 22.7 Å². The number of esters is 1. The third-order valence-electron chi connectivity index (χ3n) is 5.31. The molecule has 4 rings (SSSR count). The van der Waals surface area contributed by atoms with Crippen LogP contribution < -0.4 is 15.5 Å². The molecule has 0 unspecified atom stereocenters. The Hall–Kier alpha value is -5.06. The minimum Gasteiger partial charge on any atom is -0.462 e. The fourth-order valence-corrected chi connectivity index (χ4v) is 3.65. The van der Waals surface area contributed by atoms with Crippen LogP contribution in [0.5, 0.6) is 0 Å². The third-order valence-corrected chi connectivity index (χ3v) is 5.31. The van der Waals surface area contributed by atoms with Gasteiger partial charge in [0.25, 0.3) is 17.5 Å². The lowest BCUT2D eigenvalue weighted by Crippen LogP contribution is -2.42. The van der Waals surface area contributed by atoms with Crippen LogP contribution in [-0.4, -0.2) is 41.8 Å². The summed E-state index contributed by atoms with van der Waals surface area (Å²) in [5.74, 6) is -2.19. The Balaban J connectivity index is 1.53. The van der Waals surface area contributed by atoms with Crippen molar-refractivity contribution in [2.75, 3.05) is 28.7 Å². The number of nitrogens with zero attached hydrogens (tertiary/aromatic N) is 2. The minimum absolute atomic E-state index is 0.0712. The number of benzene rings is 3. The molecule has 0 bridgehead atoms. The molecular weight excluding hydrogens is 468 g/mol. The lowest BCUT2D eigenvalue weighted by atomic mass is 10.1. The molecule has 0 aliphatic carbocycles. The number of rotatable bonds is 6. The number of carbonyl (C=O) groups excluding carboxylic acids is 4. The summed E-state index contributed by atoms with van der Waals surface area (Å²) in [6, 6.07) is 16.2. The van der Waals surface area contributed by atoms with Crippen LogP contribution in [0.3, 0.4) is 0 Å². The average Bonchev–Trinajstić information content (AvgIpc) is 2.88. The van der Waals surface area contributed by atoms with Crippen molar-refractivity contribution in [2.45, 2.75) is 6.92 Å². The molecule has 3 aromatic carbocycles. The smallest absolute Gasteiger partial charge is 0.338 e. The first-order valence-corrected chi connectivity index (χ1v) is 10.9. The molecule has 0 spiro atoms. The van der Waals surface area contributed by atoms with E-state index in [1.807, 2.05) is 0 Å². The fourth-order valence-electron chi connectivity index (χ4n) is 3.65. The largest absolute Gasteiger partial charge is 0.462 e. The first-order valence-electron chi connectivity index (χ1n) is 10.9. The Morgan fingerprint density at radius 2 is 1.72 bits per heavy atom. The number of non-ortho nitro benzene ring substituents is 1. The highest BCUT2D eigenvalue weighted by Gasteiger charge is 2.27. The number of hydrogen-bond acceptors (Lipinski definition) is 7. The van der Waals surface area contributed by atoms with Crippen LogP contribution >= 0.6 is 0 Å². The van der Waals surface area contributed by atoms with Gasteiger partial charge in [0.2, 0.25) is 5.91 Å². The first kappa shape index (κ1) is 24.1. The summed E-state index contributed by atoms with van der Waals surface area (Å²) in [5.41, 5.74) is 1.05. The summed E-state index contributed by atoms with van der Waals surface area (Å²) in [5, 5.41) is 16.6. The number of carbonyl (C=O) groups is 4. The van der Waals surface area contributed by atoms with Gasteiger partial charge in [0.15, 0.2) is 0 Å². The molecule has 1 aliphatic heterocycles. The van der Waals surface area contributed by atoms with Gasteiger partial charge in [-0.25, -0.2) is 4.79 Å². The molecule has 3 aromatic rings. The van der Waals surface area contributed by atoms with Crippen molar-refractivity contribution in [3.63, 3.8) is 0 Å². The second-order valence-corrected chi connectivity index (χ2v) is 7.73. The summed E-state index contributed by atoms with van der Waals surface area (Å²) in [6.07, 6.45) is 0. The van der Waals surface area contributed by atoms with Gasteiger partial charge >= 0.3 is 5.97 Å². The molecule has 0 saturated heterocycles. The van der Waals surface area contributed by atoms with E-state index in [4.69, 9.17) is 4.74 Å². The minimum atomic E-state index is -0.786. The molecule has 1 heterocycles. The zero-order chi connectivity index (χ0) is 25.8. The van der Waals surface area contributed by atoms with Crippen LogP contribution in [0.1, 0.15) is 38.0 Å². The summed E-state index contributed by atoms with van der Waals surface area (Å²) < 4.78 is 4.88. The van der Waals surface area contributed by atoms with E-state index in [1.165, 1.54) is 35.2 Å². The number of nitrogens with one attached hydrogen (secondary N) is 2. The number of anilines is 3. The van der Waals surface area contributed by atoms with Gasteiger partial charge in [0, 0.05) is 28.9 Å². The third kappa shape index (κ3) is 5.04. The number of nitro groups is 1. The Labute approximate surface area is 204 Å². The van der Waals surface area contributed by atoms with E-state index < -0.39 is 28.4 Å². The fraction of sp³-hybridized carbons (Fsp3) is 0.120. The molecular formula is C25H20N4O7. The SMILES string of the molecule is CCOC(=O)c1cc(C(=O)Nc2ccc(C(=O)N3CC(=O)Nc4ccccc43)cc2)cc([N+](=O)[O-])c1. The van der Waals surface area contributed by atoms with Gasteiger partial charge in [-0.2, -0.15) is 0 Å². The van der Waals surface area contributed by atoms with Crippen molar-refractivity contribution in [1.29, 1.82) is 0 Å². The Morgan fingerprint density at radius 3 is 2.42 bits per heavy atom. The highest BCUT2D eigenvalue weighted by atomic mass is 16.6. The van der Waals surface area contributed by atoms with Gasteiger partial charge in [-0.3, -0.25) is 29.4 Å². The molecule has 11 nitrogen and oxygen atoms in total. The van der Waals surface area contributed by atoms with Crippen LogP contribution in [0, 0.1) is 10.1 Å². The summed E-state index contributed by atoms with van der Waals surface area (Å²) >= 11 is 0. The maximum Gasteiger partial charge on any atom is 0.338 e. The number of amides is 3. The number of ether oxygens (including phenoxy) is 1. The van der Waals surface area contributed by atoms with E-state index in [2.05, 4.69) is 10.6 Å². The maximum absolute atomic E-state index is 13.1. The molecule has 0 saturated carbocycles. The summed E-state index contributed by atoms with van der Waals surface area (Å²) in [7, 11) is 0. The normalized spacial score (nSPS) is 12.2. The predicted octanol–water partition coefficient (Wildman–Crippen LogP) is 3.62. The van der Waals surface area contributed by atoms with Crippen molar-refractivity contribution < 1.29 is 28.8 Å². The van der Waals surface area contributed by atoms with Crippen LogP contribution in [0.2, 0.25) is 0 Å². The maximum atomic E-state index is 13.1. The second kappa shape index (κ2) is 10.1. The monoisotopic (exact) mass is 488 g/mol. The van der Waals surface area contributed by atoms with Gasteiger partial charge in [-0.1, -0.05) is 12.1 Å². The lowest BCUT2D eigenvalue weighted by Gasteiger charge is -2.29. The van der Waals surface area contributed by atoms with E-state index in [9.17, 15) is 29.3 Å². The number of para-hydroxylation sites is 2. The Morgan fingerprint density at radius 1 is 1.03 bits per heavy atom. The quantitative estimate of drug-likeness (QED) is 0.306. The second-order valence-electron chi connectivity index (χ2n) is 7.73. The van der Waals surface area contributed by atoms with Gasteiger partial charge in [-0.05, 0) is 49.4 Å². The summed E-state index contributed by atoms with van der Waals surface area (Å²) in [6.45, 7) is 1.53. The lowest BCUT2D eigenvalue weighted by molar-refractivity contribution is -0.384. The van der Waals surface area contributed by atoms with E-state index in [-0.39, 0.29) is 35.7 Å². The highest BCUT2D eigenvalue weighted by molar-refractivity contribution is 6.15. The van der Waals surface area contributed by atoms with E-state index >= 15 is 0 Å². The molecule has 182 valence electrons. The highest BCUT2D eigenvalue weighted by Crippen LogP contribution is 2.30. The van der Waals surface area contributed by atoms with Crippen molar-refractivity contribution >= 4 is 46.4 Å². The molecule has 11 heteroatoms. The molecule has 0 radical (unpaired) electrons. The number of fused-ring (bicyclic) bond motifs is 1. The van der Waals surface area contributed by atoms with Gasteiger partial charge in [-0.15, -0.1) is 0 Å². The molecule has 0 atom stereocenters. The van der Waals surface area contributed by atoms with E-state index in [0.29, 0.717) is 17.1 Å². The molecule has 2 N–H and O–H groups in total. The summed E-state index contributed by atoms with van der Waals surface area (Å²) in [4.78, 5) is 61.8. The van der Waals surface area contributed by atoms with Crippen molar-refractivity contribution in [3.05, 3.63) is 93.5 Å². The Bertz CT molecular complexity index is 1390. The van der Waals surface area contributed by atoms with Crippen LogP contribution in [0.15, 0.2) is 66.7 Å². The molecule has 0 fully saturated rings. The topological polar surface area (TPSA) is 148 Å². The van der Waals surface area contributed by atoms with Gasteiger partial charge in [0.1, 0.15) is 6.54 Å². The standard InChI is InChI=1S/C25H20N4O7/c1-2-36-25(33)17-11-16(12-19(13-17)29(34)35)23(31)26-18-9-7-15(8-10-18)24(32)28-14-22(30)27-20-5-3-4-6-21(20)28/h3-13H,2,14H2,1H3,(H,26,31)(H,27,30). The molecule has 36 heavy (non-hydrogen) atoms. The molecule has 0 aromatic heterocycles. The first-order chi connectivity index (χ1) is 17.3. The zero-order valence-corrected chi connectivity index (χ0v) is 19.0. The average molecular weight is 488 g/mol. The van der Waals surface area contributed by atoms with E-state index in [1.54, 1.807) is 31.2 Å². The van der Waals surface area contributed by atoms with E-state index in [0.717, 1.165) is 12.1 Å². The number of nitro benzene ring substituents is 1. The Kier molecular flexibility index (Phi) is 6.72. The predicted molar refractivity (Wildman–Crippen MR) is 130 cm³/mol. The molecule has 3 amide bonds. The van der Waals surface area contributed by atoms with Crippen LogP contribution in [-0.2, 0) is 9.53 Å². The van der Waals surface area contributed by atoms with Gasteiger partial charge in [0.05, 0.1) is 28.5 Å². The zero-order valence-electron chi connectivity index (χ0n) is 19.0. The van der Waals surface area contributed by atoms with Gasteiger partial charge < -0.3 is 15.4 Å². The molecule has 1 aliphatic rings. The van der Waals surface area contributed by atoms with Crippen molar-refractivity contribution in [1.82, 2.24) is 0 Å². The number of hydrogen-bond donors (Lipinski definition) is 2. The van der Waals surface area contributed by atoms with Crippen LogP contribution in [0.25, 0.3) is 0 Å².